The van der Waals surface area contributed by atoms with E-state index >= 15 is 0 Å². The molecule has 0 unspecified atom stereocenters. The molecule has 3 rings (SSSR count). The molecule has 0 fully saturated rings. The van der Waals surface area contributed by atoms with Crippen molar-refractivity contribution in [1.82, 2.24) is 10.0 Å². The second kappa shape index (κ2) is 19.6. The maximum Gasteiger partial charge on any atom is 0.347 e. The lowest BCUT2D eigenvalue weighted by Gasteiger charge is -2.27. The Morgan fingerprint density at radius 2 is 1.44 bits per heavy atom. The quantitative estimate of drug-likeness (QED) is 0.0929. The van der Waals surface area contributed by atoms with Crippen molar-refractivity contribution in [3.8, 4) is 5.75 Å². The molecular formula is C35H42Cl2N2O15S3. The standard InChI is InChI=1S/C35H42Cl2N2O15S3/c1-9-16(3)30(41)22-11-12-25(29(37)28(22)36)50-15-26(40)51-19(6)32(43)53-21(8)34(45)54-20(7)33(44)52-18(5)31(42)39-57(48,49)27-14-23-24(38-10-2)13-17(4)56(46,47)35(23)55-27/h11-12,14,17-21,24,38H,3,9-10,13,15H2,1-2,4-8H3,(H,39,42)/t17-,18+,19+,20+,21+,24-/m0/s1. The predicted molar refractivity (Wildman–Crippen MR) is 205 cm³/mol. The Labute approximate surface area is 343 Å². The molecule has 0 bridgehead atoms. The van der Waals surface area contributed by atoms with E-state index in [0.717, 1.165) is 27.7 Å². The molecule has 22 heteroatoms. The van der Waals surface area contributed by atoms with E-state index in [9.17, 15) is 45.6 Å². The van der Waals surface area contributed by atoms with Gasteiger partial charge in [-0.2, -0.15) is 0 Å². The average molecular weight is 898 g/mol. The van der Waals surface area contributed by atoms with Crippen LogP contribution in [0.15, 0.2) is 38.8 Å². The van der Waals surface area contributed by atoms with Crippen molar-refractivity contribution in [2.45, 2.75) is 105 Å². The van der Waals surface area contributed by atoms with Crippen LogP contribution in [-0.2, 0) is 62.8 Å². The number of ketones is 1. The van der Waals surface area contributed by atoms with Gasteiger partial charge in [-0.25, -0.2) is 40.7 Å². The third kappa shape index (κ3) is 11.5. The van der Waals surface area contributed by atoms with Crippen molar-refractivity contribution >= 4 is 90.0 Å². The zero-order chi connectivity index (χ0) is 43.2. The summed E-state index contributed by atoms with van der Waals surface area (Å²) in [5.74, 6) is -6.46. The molecule has 314 valence electrons. The number of halogens is 2. The highest BCUT2D eigenvalue weighted by Gasteiger charge is 2.40. The molecule has 0 saturated carbocycles. The minimum atomic E-state index is -4.60. The van der Waals surface area contributed by atoms with Crippen LogP contribution < -0.4 is 14.8 Å². The molecule has 2 aromatic rings. The molecule has 57 heavy (non-hydrogen) atoms. The lowest BCUT2D eigenvalue weighted by Crippen LogP contribution is -2.41. The summed E-state index contributed by atoms with van der Waals surface area (Å²) >= 11 is 12.9. The number of sulfone groups is 1. The minimum Gasteiger partial charge on any atom is -0.480 e. The number of fused-ring (bicyclic) bond motifs is 1. The number of carbonyl (C=O) groups is 6. The number of amides is 1. The Morgan fingerprint density at radius 3 is 1.98 bits per heavy atom. The van der Waals surface area contributed by atoms with E-state index in [2.05, 4.69) is 11.9 Å². The zero-order valence-electron chi connectivity index (χ0n) is 31.8. The fourth-order valence-electron chi connectivity index (χ4n) is 4.98. The molecule has 2 N–H and O–H groups in total. The Hall–Kier alpha value is -4.08. The summed E-state index contributed by atoms with van der Waals surface area (Å²) in [6.45, 7) is 12.9. The summed E-state index contributed by atoms with van der Waals surface area (Å²) < 4.78 is 78.4. The van der Waals surface area contributed by atoms with Gasteiger partial charge in [-0.05, 0) is 77.8 Å². The lowest BCUT2D eigenvalue weighted by molar-refractivity contribution is -0.183. The summed E-state index contributed by atoms with van der Waals surface area (Å²) in [7, 11) is -8.41. The first kappa shape index (κ1) is 47.3. The number of hydrogen-bond donors (Lipinski definition) is 2. The molecule has 1 aliphatic rings. The van der Waals surface area contributed by atoms with Crippen LogP contribution in [0.25, 0.3) is 0 Å². The largest absolute Gasteiger partial charge is 0.480 e. The second-order valence-corrected chi connectivity index (χ2v) is 18.9. The van der Waals surface area contributed by atoms with Crippen LogP contribution in [0.2, 0.25) is 10.0 Å². The number of sulfonamides is 1. The SMILES string of the molecule is C=C(CC)C(=O)c1ccc(OCC(=O)O[C@H](C)C(=O)O[C@H](C)C(=O)O[C@H](C)C(=O)O[C@H](C)C(=O)NS(=O)(=O)c2cc3c(s2)S(=O)(=O)[C@@H](C)C[C@@H]3NCC)c(Cl)c1Cl. The van der Waals surface area contributed by atoms with E-state index in [1.165, 1.54) is 25.1 Å². The van der Waals surface area contributed by atoms with Gasteiger partial charge in [0.05, 0.1) is 10.3 Å². The smallest absolute Gasteiger partial charge is 0.347 e. The molecular weight excluding hydrogens is 855 g/mol. The first-order valence-corrected chi connectivity index (χ1v) is 21.9. The van der Waals surface area contributed by atoms with Crippen molar-refractivity contribution in [3.05, 3.63) is 51.5 Å². The molecule has 0 spiro atoms. The molecule has 17 nitrogen and oxygen atoms in total. The number of carbonyl (C=O) groups excluding carboxylic acids is 6. The summed E-state index contributed by atoms with van der Waals surface area (Å²) in [4.78, 5) is 75.2. The fourth-order valence-corrected chi connectivity index (χ4v) is 10.5. The van der Waals surface area contributed by atoms with Crippen molar-refractivity contribution in [2.75, 3.05) is 13.2 Å². The first-order chi connectivity index (χ1) is 26.5. The Bertz CT molecular complexity index is 2150. The van der Waals surface area contributed by atoms with E-state index in [4.69, 9.17) is 46.9 Å². The van der Waals surface area contributed by atoms with E-state index in [1.54, 1.807) is 11.6 Å². The highest BCUT2D eigenvalue weighted by Crippen LogP contribution is 2.43. The van der Waals surface area contributed by atoms with Crippen LogP contribution in [-0.4, -0.2) is 95.2 Å². The third-order valence-electron chi connectivity index (χ3n) is 8.32. The molecule has 0 aliphatic carbocycles. The molecule has 1 aliphatic heterocycles. The van der Waals surface area contributed by atoms with Gasteiger partial charge in [0.2, 0.25) is 0 Å². The number of nitrogens with one attached hydrogen (secondary N) is 2. The molecule has 2 heterocycles. The minimum absolute atomic E-state index is 0.0549. The molecule has 6 atom stereocenters. The van der Waals surface area contributed by atoms with Gasteiger partial charge < -0.3 is 29.0 Å². The molecule has 0 radical (unpaired) electrons. The summed E-state index contributed by atoms with van der Waals surface area (Å²) in [5, 5.41) is 2.10. The van der Waals surface area contributed by atoms with Crippen molar-refractivity contribution in [3.63, 3.8) is 0 Å². The van der Waals surface area contributed by atoms with Gasteiger partial charge in [0.1, 0.15) is 19.2 Å². The van der Waals surface area contributed by atoms with Gasteiger partial charge in [-0.15, -0.1) is 11.3 Å². The zero-order valence-corrected chi connectivity index (χ0v) is 35.8. The highest BCUT2D eigenvalue weighted by atomic mass is 35.5. The number of esters is 4. The topological polar surface area (TPSA) is 241 Å². The van der Waals surface area contributed by atoms with E-state index in [1.807, 2.05) is 6.92 Å². The van der Waals surface area contributed by atoms with Gasteiger partial charge in [-0.3, -0.25) is 9.59 Å². The molecule has 1 aromatic carbocycles. The number of allylic oxidation sites excluding steroid dienone is 1. The van der Waals surface area contributed by atoms with E-state index in [-0.39, 0.29) is 37.6 Å². The number of rotatable bonds is 18. The summed E-state index contributed by atoms with van der Waals surface area (Å²) in [6, 6.07) is 3.42. The van der Waals surface area contributed by atoms with Gasteiger partial charge in [0.15, 0.2) is 46.6 Å². The fraction of sp³-hybridized carbons (Fsp3) is 0.486. The molecule has 1 amide bonds. The first-order valence-electron chi connectivity index (χ1n) is 17.3. The lowest BCUT2D eigenvalue weighted by atomic mass is 10.0. The number of ether oxygens (including phenoxy) is 5. The Balaban J connectivity index is 1.49. The summed E-state index contributed by atoms with van der Waals surface area (Å²) in [5.41, 5.74) is 0.669. The van der Waals surface area contributed by atoms with E-state index < -0.39 is 102 Å². The van der Waals surface area contributed by atoms with Gasteiger partial charge >= 0.3 is 23.9 Å². The van der Waals surface area contributed by atoms with Crippen LogP contribution in [0.4, 0.5) is 0 Å². The normalized spacial score (nSPS) is 18.1. The van der Waals surface area contributed by atoms with Crippen molar-refractivity contribution in [2.24, 2.45) is 0 Å². The second-order valence-electron chi connectivity index (χ2n) is 12.7. The van der Waals surface area contributed by atoms with E-state index in [0.29, 0.717) is 29.9 Å². The van der Waals surface area contributed by atoms with Crippen LogP contribution in [0.3, 0.4) is 0 Å². The van der Waals surface area contributed by atoms with Gasteiger partial charge in [-0.1, -0.05) is 43.6 Å². The van der Waals surface area contributed by atoms with Crippen molar-refractivity contribution < 1.29 is 69.3 Å². The van der Waals surface area contributed by atoms with Crippen LogP contribution in [0.5, 0.6) is 5.75 Å². The van der Waals surface area contributed by atoms with Gasteiger partial charge in [0.25, 0.3) is 15.9 Å². The predicted octanol–water partition coefficient (Wildman–Crippen LogP) is 4.03. The highest BCUT2D eigenvalue weighted by molar-refractivity contribution is 7.95. The Morgan fingerprint density at radius 1 is 0.895 bits per heavy atom. The number of Topliss-reactive ketones (excluding diaryl/α,β-unsaturated/α-hetero) is 1. The summed E-state index contributed by atoms with van der Waals surface area (Å²) in [6.07, 6.45) is -5.96. The van der Waals surface area contributed by atoms with Crippen LogP contribution >= 0.6 is 34.5 Å². The van der Waals surface area contributed by atoms with Crippen LogP contribution in [0, 0.1) is 0 Å². The number of thiophene rings is 1. The molecule has 0 saturated heterocycles. The van der Waals surface area contributed by atoms with Crippen molar-refractivity contribution in [1.29, 1.82) is 0 Å². The Kier molecular flexibility index (Phi) is 16.2. The number of hydrogen-bond acceptors (Lipinski definition) is 17. The number of benzene rings is 1. The maximum atomic E-state index is 13.1. The van der Waals surface area contributed by atoms with Gasteiger partial charge in [0, 0.05) is 17.2 Å². The molecule has 1 aromatic heterocycles. The van der Waals surface area contributed by atoms with Crippen LogP contribution in [0.1, 0.15) is 83.3 Å². The average Bonchev–Trinajstić information content (AvgIpc) is 3.62. The third-order valence-corrected chi connectivity index (χ3v) is 14.9. The monoisotopic (exact) mass is 896 g/mol. The maximum absolute atomic E-state index is 13.1.